The second-order valence-corrected chi connectivity index (χ2v) is 6.98. The lowest BCUT2D eigenvalue weighted by Gasteiger charge is -2.12. The fourth-order valence-corrected chi connectivity index (χ4v) is 2.81. The summed E-state index contributed by atoms with van der Waals surface area (Å²) in [6, 6.07) is 16.1. The molecule has 5 nitrogen and oxygen atoms in total. The number of rotatable bonds is 8. The summed E-state index contributed by atoms with van der Waals surface area (Å²) in [6.45, 7) is 1.29. The van der Waals surface area contributed by atoms with E-state index in [-0.39, 0.29) is 4.90 Å². The number of benzene rings is 2. The van der Waals surface area contributed by atoms with Crippen molar-refractivity contribution in [2.75, 3.05) is 13.1 Å². The van der Waals surface area contributed by atoms with Gasteiger partial charge in [0.1, 0.15) is 0 Å². The van der Waals surface area contributed by atoms with Gasteiger partial charge in [-0.3, -0.25) is 0 Å². The topological polar surface area (TPSA) is 92.4 Å². The molecule has 124 valence electrons. The minimum Gasteiger partial charge on any atom is -0.387 e. The Bertz CT molecular complexity index is 700. The molecule has 0 aliphatic carbocycles. The van der Waals surface area contributed by atoms with Crippen molar-refractivity contribution in [3.8, 4) is 0 Å². The Morgan fingerprint density at radius 1 is 1.04 bits per heavy atom. The molecule has 0 amide bonds. The summed E-state index contributed by atoms with van der Waals surface area (Å²) in [5, 5.41) is 18.3. The highest BCUT2D eigenvalue weighted by atomic mass is 32.2. The van der Waals surface area contributed by atoms with Crippen LogP contribution in [0.1, 0.15) is 23.7 Å². The van der Waals surface area contributed by atoms with Crippen molar-refractivity contribution in [1.29, 1.82) is 0 Å². The molecule has 4 N–H and O–H groups in total. The molecule has 0 heterocycles. The number of aryl methyl sites for hydroxylation is 1. The van der Waals surface area contributed by atoms with Gasteiger partial charge >= 0.3 is 0 Å². The average molecular weight is 334 g/mol. The first kappa shape index (κ1) is 17.6. The van der Waals surface area contributed by atoms with Crippen LogP contribution in [0.25, 0.3) is 0 Å². The summed E-state index contributed by atoms with van der Waals surface area (Å²) >= 11 is 0. The Balaban J connectivity index is 1.69. The van der Waals surface area contributed by atoms with Gasteiger partial charge in [0.05, 0.1) is 11.0 Å². The third-order valence-electron chi connectivity index (χ3n) is 3.59. The number of aliphatic hydroxyl groups is 1. The maximum absolute atomic E-state index is 11.2. The molecule has 2 aromatic carbocycles. The van der Waals surface area contributed by atoms with Crippen molar-refractivity contribution in [2.24, 2.45) is 5.14 Å². The molecule has 0 aliphatic heterocycles. The van der Waals surface area contributed by atoms with Crippen molar-refractivity contribution in [2.45, 2.75) is 23.8 Å². The summed E-state index contributed by atoms with van der Waals surface area (Å²) in [5.41, 5.74) is 1.96. The Kier molecular flexibility index (Phi) is 6.29. The lowest BCUT2D eigenvalue weighted by Crippen LogP contribution is -2.22. The second kappa shape index (κ2) is 8.21. The van der Waals surface area contributed by atoms with Crippen LogP contribution in [0.15, 0.2) is 59.5 Å². The molecule has 0 bridgehead atoms. The first-order valence-electron chi connectivity index (χ1n) is 7.52. The van der Waals surface area contributed by atoms with Crippen molar-refractivity contribution >= 4 is 10.0 Å². The zero-order chi connectivity index (χ0) is 16.7. The lowest BCUT2D eigenvalue weighted by atomic mass is 10.1. The number of primary sulfonamides is 1. The highest BCUT2D eigenvalue weighted by Gasteiger charge is 2.07. The van der Waals surface area contributed by atoms with Gasteiger partial charge in [-0.25, -0.2) is 13.6 Å². The van der Waals surface area contributed by atoms with E-state index in [1.807, 2.05) is 30.3 Å². The summed E-state index contributed by atoms with van der Waals surface area (Å²) in [6.07, 6.45) is 1.22. The molecule has 0 spiro atoms. The Morgan fingerprint density at radius 2 is 1.70 bits per heavy atom. The summed E-state index contributed by atoms with van der Waals surface area (Å²) in [4.78, 5) is 0.130. The van der Waals surface area contributed by atoms with E-state index < -0.39 is 16.1 Å². The van der Waals surface area contributed by atoms with E-state index in [1.54, 1.807) is 12.1 Å². The van der Waals surface area contributed by atoms with E-state index >= 15 is 0 Å². The number of hydrogen-bond donors (Lipinski definition) is 3. The second-order valence-electron chi connectivity index (χ2n) is 5.42. The molecule has 23 heavy (non-hydrogen) atoms. The van der Waals surface area contributed by atoms with Crippen LogP contribution in [-0.4, -0.2) is 26.6 Å². The van der Waals surface area contributed by atoms with E-state index in [9.17, 15) is 13.5 Å². The predicted octanol–water partition coefficient (Wildman–Crippen LogP) is 1.59. The molecule has 0 aliphatic rings. The van der Waals surface area contributed by atoms with E-state index in [1.165, 1.54) is 12.1 Å². The maximum atomic E-state index is 11.2. The molecule has 2 aromatic rings. The fourth-order valence-electron chi connectivity index (χ4n) is 2.30. The molecule has 0 aromatic heterocycles. The summed E-state index contributed by atoms with van der Waals surface area (Å²) in [5.74, 6) is 0. The van der Waals surface area contributed by atoms with Gasteiger partial charge in [-0.1, -0.05) is 42.5 Å². The smallest absolute Gasteiger partial charge is 0.238 e. The molecule has 0 unspecified atom stereocenters. The zero-order valence-electron chi connectivity index (χ0n) is 12.9. The van der Waals surface area contributed by atoms with Gasteiger partial charge in [0, 0.05) is 6.54 Å². The van der Waals surface area contributed by atoms with Gasteiger partial charge in [-0.05, 0) is 42.6 Å². The zero-order valence-corrected chi connectivity index (χ0v) is 13.7. The SMILES string of the molecule is NS(=O)(=O)c1ccc(CCCNC[C@@H](O)c2ccccc2)cc1. The van der Waals surface area contributed by atoms with E-state index in [4.69, 9.17) is 5.14 Å². The number of sulfonamides is 1. The first-order chi connectivity index (χ1) is 11.0. The van der Waals surface area contributed by atoms with Crippen LogP contribution in [-0.2, 0) is 16.4 Å². The molecule has 1 atom stereocenters. The van der Waals surface area contributed by atoms with Crippen LogP contribution >= 0.6 is 0 Å². The van der Waals surface area contributed by atoms with Gasteiger partial charge in [0.2, 0.25) is 10.0 Å². The quantitative estimate of drug-likeness (QED) is 0.639. The highest BCUT2D eigenvalue weighted by Crippen LogP contribution is 2.11. The van der Waals surface area contributed by atoms with E-state index in [2.05, 4.69) is 5.32 Å². The van der Waals surface area contributed by atoms with Crippen LogP contribution in [0.3, 0.4) is 0 Å². The summed E-state index contributed by atoms with van der Waals surface area (Å²) < 4.78 is 22.3. The molecule has 6 heteroatoms. The van der Waals surface area contributed by atoms with Crippen LogP contribution in [0.5, 0.6) is 0 Å². The monoisotopic (exact) mass is 334 g/mol. The van der Waals surface area contributed by atoms with Crippen molar-refractivity contribution in [3.63, 3.8) is 0 Å². The van der Waals surface area contributed by atoms with E-state index in [0.29, 0.717) is 6.54 Å². The third kappa shape index (κ3) is 5.76. The minimum absolute atomic E-state index is 0.130. The maximum Gasteiger partial charge on any atom is 0.238 e. The number of nitrogens with one attached hydrogen (secondary N) is 1. The molecular weight excluding hydrogens is 312 g/mol. The molecule has 0 saturated heterocycles. The number of nitrogens with two attached hydrogens (primary N) is 1. The van der Waals surface area contributed by atoms with Gasteiger partial charge in [-0.15, -0.1) is 0 Å². The van der Waals surface area contributed by atoms with Crippen molar-refractivity contribution in [1.82, 2.24) is 5.32 Å². The number of aliphatic hydroxyl groups excluding tert-OH is 1. The average Bonchev–Trinajstić information content (AvgIpc) is 2.55. The van der Waals surface area contributed by atoms with Gasteiger partial charge in [0.15, 0.2) is 0 Å². The Labute approximate surface area is 137 Å². The van der Waals surface area contributed by atoms with Gasteiger partial charge in [0.25, 0.3) is 0 Å². The minimum atomic E-state index is -3.62. The van der Waals surface area contributed by atoms with Crippen LogP contribution in [0, 0.1) is 0 Å². The summed E-state index contributed by atoms with van der Waals surface area (Å²) in [7, 11) is -3.62. The Morgan fingerprint density at radius 3 is 2.30 bits per heavy atom. The molecular formula is C17H22N2O3S. The largest absolute Gasteiger partial charge is 0.387 e. The van der Waals surface area contributed by atoms with Crippen LogP contribution in [0.2, 0.25) is 0 Å². The molecule has 0 saturated carbocycles. The first-order valence-corrected chi connectivity index (χ1v) is 9.07. The molecule has 0 radical (unpaired) electrons. The van der Waals surface area contributed by atoms with Crippen LogP contribution < -0.4 is 10.5 Å². The number of hydrogen-bond acceptors (Lipinski definition) is 4. The third-order valence-corrected chi connectivity index (χ3v) is 4.52. The molecule has 2 rings (SSSR count). The van der Waals surface area contributed by atoms with Gasteiger partial charge in [-0.2, -0.15) is 0 Å². The van der Waals surface area contributed by atoms with Crippen molar-refractivity contribution in [3.05, 3.63) is 65.7 Å². The van der Waals surface area contributed by atoms with Crippen LogP contribution in [0.4, 0.5) is 0 Å². The van der Waals surface area contributed by atoms with Gasteiger partial charge < -0.3 is 10.4 Å². The highest BCUT2D eigenvalue weighted by molar-refractivity contribution is 7.89. The standard InChI is InChI=1S/C17H22N2O3S/c18-23(21,22)16-10-8-14(9-11-16)5-4-12-19-13-17(20)15-6-2-1-3-7-15/h1-3,6-11,17,19-20H,4-5,12-13H2,(H2,18,21,22)/t17-/m1/s1. The normalized spacial score (nSPS) is 13.0. The van der Waals surface area contributed by atoms with E-state index in [0.717, 1.165) is 30.5 Å². The fraction of sp³-hybridized carbons (Fsp3) is 0.294. The lowest BCUT2D eigenvalue weighted by molar-refractivity contribution is 0.175. The molecule has 0 fully saturated rings. The predicted molar refractivity (Wildman–Crippen MR) is 90.4 cm³/mol. The van der Waals surface area contributed by atoms with Crippen molar-refractivity contribution < 1.29 is 13.5 Å². The Hall–Kier alpha value is -1.73.